The summed E-state index contributed by atoms with van der Waals surface area (Å²) in [7, 11) is 1.72. The fourth-order valence-corrected chi connectivity index (χ4v) is 1.19. The number of carbonyl (C=O) groups is 1. The number of rotatable bonds is 5. The predicted octanol–water partition coefficient (Wildman–Crippen LogP) is -2.11. The molecule has 1 atom stereocenters. The minimum atomic E-state index is -0.852. The number of carbonyl (C=O) groups excluding carboxylic acids is 1. The van der Waals surface area contributed by atoms with E-state index in [9.17, 15) is 4.79 Å². The van der Waals surface area contributed by atoms with E-state index in [1.54, 1.807) is 13.2 Å². The highest BCUT2D eigenvalue weighted by Crippen LogP contribution is 2.08. The lowest BCUT2D eigenvalue weighted by molar-refractivity contribution is -0.123. The first-order chi connectivity index (χ1) is 7.58. The van der Waals surface area contributed by atoms with Crippen molar-refractivity contribution in [1.29, 1.82) is 0 Å². The average molecular weight is 228 g/mol. The summed E-state index contributed by atoms with van der Waals surface area (Å²) in [5.41, 5.74) is 6.26. The summed E-state index contributed by atoms with van der Waals surface area (Å²) in [5.74, 6) is -0.457. The van der Waals surface area contributed by atoms with E-state index in [-0.39, 0.29) is 13.2 Å². The zero-order valence-corrected chi connectivity index (χ0v) is 9.00. The standard InChI is InChI=1S/C9H16N4O3/c1-13-3-6(2-11-13)8(10)9(16)12-7(4-14)5-15/h2-3,7-8,14-15H,4-5,10H2,1H3,(H,12,16). The second-order valence-electron chi connectivity index (χ2n) is 3.50. The fourth-order valence-electron chi connectivity index (χ4n) is 1.19. The molecular formula is C9H16N4O3. The Labute approximate surface area is 92.9 Å². The lowest BCUT2D eigenvalue weighted by Gasteiger charge is -2.16. The van der Waals surface area contributed by atoms with E-state index in [1.807, 2.05) is 0 Å². The smallest absolute Gasteiger partial charge is 0.242 e. The van der Waals surface area contributed by atoms with E-state index in [0.717, 1.165) is 0 Å². The molecule has 1 rings (SSSR count). The zero-order valence-electron chi connectivity index (χ0n) is 9.00. The molecule has 1 aromatic heterocycles. The summed E-state index contributed by atoms with van der Waals surface area (Å²) < 4.78 is 1.54. The van der Waals surface area contributed by atoms with Gasteiger partial charge in [0.15, 0.2) is 0 Å². The van der Waals surface area contributed by atoms with Crippen LogP contribution < -0.4 is 11.1 Å². The second-order valence-corrected chi connectivity index (χ2v) is 3.50. The molecule has 0 aliphatic heterocycles. The van der Waals surface area contributed by atoms with Gasteiger partial charge in [-0.1, -0.05) is 0 Å². The fraction of sp³-hybridized carbons (Fsp3) is 0.556. The van der Waals surface area contributed by atoms with Gasteiger partial charge in [0.25, 0.3) is 0 Å². The highest BCUT2D eigenvalue weighted by Gasteiger charge is 2.19. The summed E-state index contributed by atoms with van der Waals surface area (Å²) in [6.07, 6.45) is 3.13. The molecule has 0 radical (unpaired) electrons. The number of hydrogen-bond acceptors (Lipinski definition) is 5. The van der Waals surface area contributed by atoms with E-state index in [4.69, 9.17) is 15.9 Å². The Bertz CT molecular complexity index is 348. The first-order valence-electron chi connectivity index (χ1n) is 4.84. The highest BCUT2D eigenvalue weighted by atomic mass is 16.3. The number of aliphatic hydroxyl groups excluding tert-OH is 2. The van der Waals surface area contributed by atoms with Crippen molar-refractivity contribution in [3.05, 3.63) is 18.0 Å². The van der Waals surface area contributed by atoms with Crippen LogP contribution >= 0.6 is 0 Å². The Morgan fingerprint density at radius 2 is 2.25 bits per heavy atom. The lowest BCUT2D eigenvalue weighted by Crippen LogP contribution is -2.44. The van der Waals surface area contributed by atoms with Crippen molar-refractivity contribution in [2.45, 2.75) is 12.1 Å². The summed E-state index contributed by atoms with van der Waals surface area (Å²) in [5, 5.41) is 23.9. The van der Waals surface area contributed by atoms with Crippen LogP contribution in [-0.2, 0) is 11.8 Å². The summed E-state index contributed by atoms with van der Waals surface area (Å²) in [6, 6.07) is -1.54. The largest absolute Gasteiger partial charge is 0.394 e. The summed E-state index contributed by atoms with van der Waals surface area (Å²) in [4.78, 5) is 11.6. The van der Waals surface area contributed by atoms with Crippen molar-refractivity contribution in [1.82, 2.24) is 15.1 Å². The van der Waals surface area contributed by atoms with Crippen LogP contribution in [0.3, 0.4) is 0 Å². The van der Waals surface area contributed by atoms with Crippen LogP contribution in [0.4, 0.5) is 0 Å². The molecule has 1 unspecified atom stereocenters. The molecule has 0 aliphatic carbocycles. The van der Waals surface area contributed by atoms with E-state index in [1.165, 1.54) is 10.9 Å². The Morgan fingerprint density at radius 3 is 2.69 bits per heavy atom. The van der Waals surface area contributed by atoms with Gasteiger partial charge in [-0.25, -0.2) is 0 Å². The lowest BCUT2D eigenvalue weighted by atomic mass is 10.1. The van der Waals surface area contributed by atoms with Gasteiger partial charge >= 0.3 is 0 Å². The normalized spacial score (nSPS) is 12.8. The van der Waals surface area contributed by atoms with Crippen LogP contribution in [0.2, 0.25) is 0 Å². The van der Waals surface area contributed by atoms with Gasteiger partial charge in [-0.05, 0) is 0 Å². The van der Waals surface area contributed by atoms with Crippen LogP contribution in [0.15, 0.2) is 12.4 Å². The molecule has 0 bridgehead atoms. The van der Waals surface area contributed by atoms with Gasteiger partial charge in [-0.3, -0.25) is 9.48 Å². The molecule has 0 aromatic carbocycles. The third-order valence-corrected chi connectivity index (χ3v) is 2.15. The Hall–Kier alpha value is -1.44. The maximum Gasteiger partial charge on any atom is 0.242 e. The maximum absolute atomic E-state index is 11.6. The first-order valence-corrected chi connectivity index (χ1v) is 4.84. The number of nitrogens with one attached hydrogen (secondary N) is 1. The second kappa shape index (κ2) is 5.59. The average Bonchev–Trinajstić information content (AvgIpc) is 2.71. The van der Waals surface area contributed by atoms with Gasteiger partial charge in [-0.15, -0.1) is 0 Å². The molecule has 0 saturated heterocycles. The number of nitrogens with zero attached hydrogens (tertiary/aromatic N) is 2. The Morgan fingerprint density at radius 1 is 1.62 bits per heavy atom. The van der Waals surface area contributed by atoms with Crippen LogP contribution in [-0.4, -0.2) is 45.2 Å². The molecule has 7 heteroatoms. The van der Waals surface area contributed by atoms with Crippen LogP contribution in [0, 0.1) is 0 Å². The third kappa shape index (κ3) is 3.02. The zero-order chi connectivity index (χ0) is 12.1. The van der Waals surface area contributed by atoms with Gasteiger partial charge in [0.2, 0.25) is 5.91 Å². The number of aromatic nitrogens is 2. The quantitative estimate of drug-likeness (QED) is 0.460. The Kier molecular flexibility index (Phi) is 4.41. The van der Waals surface area contributed by atoms with Gasteiger partial charge in [0, 0.05) is 18.8 Å². The molecule has 0 fully saturated rings. The van der Waals surface area contributed by atoms with E-state index < -0.39 is 18.0 Å². The number of aliphatic hydroxyl groups is 2. The minimum Gasteiger partial charge on any atom is -0.394 e. The molecule has 1 amide bonds. The van der Waals surface area contributed by atoms with Crippen LogP contribution in [0.1, 0.15) is 11.6 Å². The van der Waals surface area contributed by atoms with Gasteiger partial charge in [0.05, 0.1) is 25.5 Å². The maximum atomic E-state index is 11.6. The molecule has 16 heavy (non-hydrogen) atoms. The van der Waals surface area contributed by atoms with Crippen molar-refractivity contribution >= 4 is 5.91 Å². The van der Waals surface area contributed by atoms with Gasteiger partial charge < -0.3 is 21.3 Å². The number of amides is 1. The molecule has 5 N–H and O–H groups in total. The number of nitrogens with two attached hydrogens (primary N) is 1. The first kappa shape index (κ1) is 12.6. The monoisotopic (exact) mass is 228 g/mol. The summed E-state index contributed by atoms with van der Waals surface area (Å²) in [6.45, 7) is -0.663. The molecule has 90 valence electrons. The third-order valence-electron chi connectivity index (χ3n) is 2.15. The predicted molar refractivity (Wildman–Crippen MR) is 56.2 cm³/mol. The van der Waals surface area contributed by atoms with Crippen molar-refractivity contribution in [2.75, 3.05) is 13.2 Å². The topological polar surface area (TPSA) is 113 Å². The van der Waals surface area contributed by atoms with Crippen molar-refractivity contribution in [3.63, 3.8) is 0 Å². The van der Waals surface area contributed by atoms with Crippen LogP contribution in [0.5, 0.6) is 0 Å². The summed E-state index contributed by atoms with van der Waals surface area (Å²) >= 11 is 0. The van der Waals surface area contributed by atoms with Crippen molar-refractivity contribution in [2.24, 2.45) is 12.8 Å². The van der Waals surface area contributed by atoms with Gasteiger partial charge in [0.1, 0.15) is 6.04 Å². The molecule has 0 aliphatic rings. The van der Waals surface area contributed by atoms with E-state index in [2.05, 4.69) is 10.4 Å². The van der Waals surface area contributed by atoms with E-state index >= 15 is 0 Å². The molecule has 1 aromatic rings. The van der Waals surface area contributed by atoms with Crippen molar-refractivity contribution in [3.8, 4) is 0 Å². The van der Waals surface area contributed by atoms with Crippen LogP contribution in [0.25, 0.3) is 0 Å². The molecule has 7 nitrogen and oxygen atoms in total. The van der Waals surface area contributed by atoms with E-state index in [0.29, 0.717) is 5.56 Å². The molecule has 1 heterocycles. The molecule has 0 spiro atoms. The molecular weight excluding hydrogens is 212 g/mol. The van der Waals surface area contributed by atoms with Crippen molar-refractivity contribution < 1.29 is 15.0 Å². The molecule has 0 saturated carbocycles. The minimum absolute atomic E-state index is 0.331. The number of hydrogen-bond donors (Lipinski definition) is 4. The SMILES string of the molecule is Cn1cc(C(N)C(=O)NC(CO)CO)cn1. The highest BCUT2D eigenvalue weighted by molar-refractivity contribution is 5.83. The van der Waals surface area contributed by atoms with Gasteiger partial charge in [-0.2, -0.15) is 5.10 Å². The Balaban J connectivity index is 2.60. The number of aryl methyl sites for hydroxylation is 1.